The number of hydrogen-bond acceptors (Lipinski definition) is 12. The van der Waals surface area contributed by atoms with Gasteiger partial charge in [0.2, 0.25) is 5.79 Å². The number of amides is 1. The zero-order valence-electron chi connectivity index (χ0n) is 43.2. The van der Waals surface area contributed by atoms with Crippen LogP contribution in [-0.4, -0.2) is 119 Å². The number of methoxy groups -OCH3 is 2. The molecule has 1 aromatic carbocycles. The molecule has 0 radical (unpaired) electrons. The highest BCUT2D eigenvalue weighted by Gasteiger charge is 2.53. The van der Waals surface area contributed by atoms with E-state index >= 15 is 0 Å². The molecular weight excluding hydrogens is 912 g/mol. The standard InChI is InChI=1S/C56H83ClN2O11/c1-34-15-11-10-12-16-36(3)45(58-43-23-21-42(57)22-24-43)33-44-25-19-40(7)56(66,70-44)53(63)54(64)59-28-14-13-17-46(59)55(65)69-48(37(4)31-41-20-26-47(60)49(32-41)67-8)27-18-35(2)30-39(6)51(62)52(68-9)50(61)38(5)29-34/h10-12,15-16,21-24,30,34-35,37-38,40-41,44-49,51-52,58,60,62,66H,13-14,17-20,25-29,31-33H2,1-9H3/b12-10+,15-11+,36-16+,39-30+/t34-,35+,37-,38-,40-,41-,44+,45-,46+,47-,48+,49-,51-,52+,56-/m1/s1. The van der Waals surface area contributed by atoms with Crippen LogP contribution < -0.4 is 5.32 Å². The number of hydrogen-bond donors (Lipinski definition) is 4. The van der Waals surface area contributed by atoms with Gasteiger partial charge in [-0.2, -0.15) is 0 Å². The monoisotopic (exact) mass is 995 g/mol. The Kier molecular flexibility index (Phi) is 21.9. The van der Waals surface area contributed by atoms with Gasteiger partial charge in [0.15, 0.2) is 5.78 Å². The van der Waals surface area contributed by atoms with E-state index in [2.05, 4.69) is 12.2 Å². The molecule has 14 heteroatoms. The Morgan fingerprint density at radius 2 is 1.57 bits per heavy atom. The number of nitrogens with zero attached hydrogens (tertiary/aromatic N) is 1. The highest BCUT2D eigenvalue weighted by molar-refractivity contribution is 6.39. The number of cyclic esters (lactones) is 1. The Morgan fingerprint density at radius 3 is 2.27 bits per heavy atom. The van der Waals surface area contributed by atoms with Gasteiger partial charge in [0.1, 0.15) is 24.4 Å². The van der Waals surface area contributed by atoms with Crippen LogP contribution in [-0.2, 0) is 38.1 Å². The van der Waals surface area contributed by atoms with Crippen molar-refractivity contribution < 1.29 is 53.4 Å². The van der Waals surface area contributed by atoms with Gasteiger partial charge in [0, 0.05) is 49.4 Å². The van der Waals surface area contributed by atoms with Crippen molar-refractivity contribution in [2.24, 2.45) is 35.5 Å². The maximum absolute atomic E-state index is 14.5. The highest BCUT2D eigenvalue weighted by atomic mass is 35.5. The summed E-state index contributed by atoms with van der Waals surface area (Å²) in [6.45, 7) is 13.6. The van der Waals surface area contributed by atoms with Crippen molar-refractivity contribution in [2.75, 3.05) is 26.1 Å². The number of fused-ring (bicyclic) bond motifs is 3. The number of anilines is 1. The molecule has 1 saturated carbocycles. The van der Waals surface area contributed by atoms with E-state index in [9.17, 15) is 34.5 Å². The average Bonchev–Trinajstić information content (AvgIpc) is 3.33. The summed E-state index contributed by atoms with van der Waals surface area (Å²) in [4.78, 5) is 58.5. The van der Waals surface area contributed by atoms with Crippen LogP contribution >= 0.6 is 11.6 Å². The lowest BCUT2D eigenvalue weighted by Crippen LogP contribution is -2.61. The first kappa shape index (κ1) is 57.2. The Labute approximate surface area is 422 Å². The van der Waals surface area contributed by atoms with E-state index in [0.717, 1.165) is 17.7 Å². The topological polar surface area (TPSA) is 181 Å². The number of nitrogens with one attached hydrogen (secondary N) is 1. The first-order valence-corrected chi connectivity index (χ1v) is 26.3. The fourth-order valence-corrected chi connectivity index (χ4v) is 11.1. The second-order valence-corrected chi connectivity index (χ2v) is 21.6. The molecule has 70 heavy (non-hydrogen) atoms. The Hall–Kier alpha value is -3.69. The minimum Gasteiger partial charge on any atom is -0.461 e. The molecule has 3 aliphatic heterocycles. The van der Waals surface area contributed by atoms with Crippen LogP contribution in [0.3, 0.4) is 0 Å². The quantitative estimate of drug-likeness (QED) is 0.116. The maximum atomic E-state index is 14.5. The summed E-state index contributed by atoms with van der Waals surface area (Å²) in [6, 6.07) is 5.99. The van der Waals surface area contributed by atoms with Crippen LogP contribution in [0.15, 0.2) is 71.9 Å². The van der Waals surface area contributed by atoms with Gasteiger partial charge in [-0.3, -0.25) is 14.4 Å². The molecule has 4 aliphatic rings. The molecule has 1 aromatic rings. The number of benzene rings is 1. The summed E-state index contributed by atoms with van der Waals surface area (Å²) in [5.41, 5.74) is 2.37. The van der Waals surface area contributed by atoms with Crippen molar-refractivity contribution in [3.63, 3.8) is 0 Å². The van der Waals surface area contributed by atoms with Crippen LogP contribution in [0.4, 0.5) is 5.69 Å². The van der Waals surface area contributed by atoms with Gasteiger partial charge in [0.25, 0.3) is 11.7 Å². The van der Waals surface area contributed by atoms with Crippen molar-refractivity contribution in [1.82, 2.24) is 4.90 Å². The second-order valence-electron chi connectivity index (χ2n) is 21.2. The number of esters is 1. The van der Waals surface area contributed by atoms with Gasteiger partial charge in [-0.15, -0.1) is 0 Å². The number of rotatable bonds is 7. The number of aliphatic hydroxyl groups excluding tert-OH is 2. The van der Waals surface area contributed by atoms with Crippen molar-refractivity contribution in [1.29, 1.82) is 0 Å². The fraction of sp³-hybridized carbons (Fsp3) is 0.679. The lowest BCUT2D eigenvalue weighted by molar-refractivity contribution is -0.263. The minimum absolute atomic E-state index is 0.0471. The predicted molar refractivity (Wildman–Crippen MR) is 273 cm³/mol. The molecule has 4 N–H and O–H groups in total. The normalized spacial score (nSPS) is 38.2. The van der Waals surface area contributed by atoms with E-state index in [1.54, 1.807) is 33.1 Å². The Bertz CT molecular complexity index is 2020. The van der Waals surface area contributed by atoms with E-state index in [1.165, 1.54) is 12.0 Å². The predicted octanol–water partition coefficient (Wildman–Crippen LogP) is 9.12. The largest absolute Gasteiger partial charge is 0.461 e. The zero-order chi connectivity index (χ0) is 51.3. The van der Waals surface area contributed by atoms with Crippen LogP contribution in [0.25, 0.3) is 0 Å². The maximum Gasteiger partial charge on any atom is 0.329 e. The van der Waals surface area contributed by atoms with E-state index in [-0.39, 0.29) is 54.1 Å². The third-order valence-electron chi connectivity index (χ3n) is 15.5. The number of piperidine rings is 1. The van der Waals surface area contributed by atoms with Crippen LogP contribution in [0, 0.1) is 35.5 Å². The van der Waals surface area contributed by atoms with Gasteiger partial charge < -0.3 is 44.5 Å². The lowest BCUT2D eigenvalue weighted by Gasteiger charge is -2.43. The molecule has 5 rings (SSSR count). The summed E-state index contributed by atoms with van der Waals surface area (Å²) in [6.07, 6.45) is 14.9. The molecule has 0 unspecified atom stereocenters. The fourth-order valence-electron chi connectivity index (χ4n) is 11.0. The van der Waals surface area contributed by atoms with Gasteiger partial charge >= 0.3 is 5.97 Å². The first-order valence-electron chi connectivity index (χ1n) is 25.9. The van der Waals surface area contributed by atoms with E-state index < -0.39 is 65.9 Å². The number of aliphatic hydroxyl groups is 3. The van der Waals surface area contributed by atoms with E-state index in [0.29, 0.717) is 87.6 Å². The third kappa shape index (κ3) is 15.4. The number of allylic oxidation sites excluding steroid dienone is 6. The van der Waals surface area contributed by atoms with E-state index in [1.807, 2.05) is 76.3 Å². The minimum atomic E-state index is -2.41. The van der Waals surface area contributed by atoms with Crippen LogP contribution in [0.5, 0.6) is 0 Å². The summed E-state index contributed by atoms with van der Waals surface area (Å²) >= 11 is 6.22. The molecule has 0 aromatic heterocycles. The van der Waals surface area contributed by atoms with Crippen molar-refractivity contribution in [3.8, 4) is 0 Å². The Balaban J connectivity index is 1.48. The lowest BCUT2D eigenvalue weighted by atomic mass is 9.78. The summed E-state index contributed by atoms with van der Waals surface area (Å²) in [5, 5.41) is 38.4. The van der Waals surface area contributed by atoms with Crippen molar-refractivity contribution in [3.05, 3.63) is 76.9 Å². The highest BCUT2D eigenvalue weighted by Crippen LogP contribution is 2.38. The van der Waals surface area contributed by atoms with Crippen molar-refractivity contribution >= 4 is 40.7 Å². The molecule has 3 fully saturated rings. The number of ketones is 2. The molecule has 0 spiro atoms. The first-order chi connectivity index (χ1) is 33.3. The number of Topliss-reactive ketones (excluding diaryl/α,β-unsaturated/α-hetero) is 2. The van der Waals surface area contributed by atoms with Crippen LogP contribution in [0.1, 0.15) is 132 Å². The third-order valence-corrected chi connectivity index (χ3v) is 15.7. The van der Waals surface area contributed by atoms with Gasteiger partial charge in [0.05, 0.1) is 18.3 Å². The number of carbonyl (C=O) groups is 4. The number of ether oxygens (including phenoxy) is 4. The molecule has 2 bridgehead atoms. The Morgan fingerprint density at radius 1 is 0.843 bits per heavy atom. The van der Waals surface area contributed by atoms with Gasteiger partial charge in [-0.25, -0.2) is 4.79 Å². The van der Waals surface area contributed by atoms with Crippen molar-refractivity contribution in [2.45, 2.75) is 186 Å². The zero-order valence-corrected chi connectivity index (χ0v) is 43.9. The summed E-state index contributed by atoms with van der Waals surface area (Å²) < 4.78 is 24.1. The molecule has 1 amide bonds. The summed E-state index contributed by atoms with van der Waals surface area (Å²) in [5.74, 6) is -6.24. The number of carbonyl (C=O) groups excluding carboxylic acids is 4. The van der Waals surface area contributed by atoms with E-state index in [4.69, 9.17) is 30.5 Å². The molecule has 390 valence electrons. The molecule has 15 atom stereocenters. The SMILES string of the molecule is CO[C@@H]1C[C@@H](C[C@@H](C)[C@@H]2CC[C@H](C)/C=C(\C)[C@@H](O)[C@@H](OC)C(=O)[C@H](C)C[C@H](C)/C=C/C=C/C=C(\C)[C@H](Nc3ccc(Cl)cc3)C[C@@H]3CC[C@@H](C)[C@@](O)(O3)C(=O)C(=O)N3CCCC[C@H]3C(=O)O2)CC[C@H]1O. The molecule has 2 saturated heterocycles. The molecule has 1 aliphatic carbocycles. The average molecular weight is 996 g/mol. The molecular formula is C56H83ClN2O11. The smallest absolute Gasteiger partial charge is 0.329 e. The molecule has 13 nitrogen and oxygen atoms in total. The van der Waals surface area contributed by atoms with Crippen LogP contribution in [0.2, 0.25) is 5.02 Å². The second kappa shape index (κ2) is 26.8. The number of halogens is 1. The van der Waals surface area contributed by atoms with Gasteiger partial charge in [-0.05, 0) is 151 Å². The summed E-state index contributed by atoms with van der Waals surface area (Å²) in [7, 11) is 3.05. The molecule has 3 heterocycles. The van der Waals surface area contributed by atoms with Gasteiger partial charge in [-0.1, -0.05) is 88.2 Å².